The number of carbonyl (C=O) groups is 2. The lowest BCUT2D eigenvalue weighted by Crippen LogP contribution is -2.20. The lowest BCUT2D eigenvalue weighted by molar-refractivity contribution is -0.114. The van der Waals surface area contributed by atoms with Crippen LogP contribution in [-0.2, 0) is 9.59 Å². The molecule has 15 heavy (non-hydrogen) atoms. The van der Waals surface area contributed by atoms with Crippen molar-refractivity contribution in [3.63, 3.8) is 0 Å². The van der Waals surface area contributed by atoms with Gasteiger partial charge in [0.15, 0.2) is 5.78 Å². The molecule has 0 bridgehead atoms. The third kappa shape index (κ3) is 1.46. The zero-order chi connectivity index (χ0) is 11.0. The van der Waals surface area contributed by atoms with Crippen molar-refractivity contribution in [1.29, 1.82) is 0 Å². The summed E-state index contributed by atoms with van der Waals surface area (Å²) in [5.74, 6) is -0.227. The number of hydrogen-bond acceptors (Lipinski definition) is 2. The summed E-state index contributed by atoms with van der Waals surface area (Å²) in [7, 11) is 1.71. The predicted octanol–water partition coefficient (Wildman–Crippen LogP) is 1.64. The van der Waals surface area contributed by atoms with E-state index in [-0.39, 0.29) is 11.7 Å². The molecule has 2 rings (SSSR count). The molecule has 0 N–H and O–H groups in total. The van der Waals surface area contributed by atoms with Crippen molar-refractivity contribution in [3.8, 4) is 0 Å². The van der Waals surface area contributed by atoms with E-state index in [1.807, 2.05) is 24.3 Å². The highest BCUT2D eigenvalue weighted by atomic mass is 16.2. The smallest absolute Gasteiger partial charge is 0.258 e. The maximum absolute atomic E-state index is 11.8. The molecule has 0 atom stereocenters. The first-order valence-electron chi connectivity index (χ1n) is 4.71. The van der Waals surface area contributed by atoms with Crippen LogP contribution < -0.4 is 4.90 Å². The van der Waals surface area contributed by atoms with Gasteiger partial charge in [0.05, 0.1) is 11.3 Å². The van der Waals surface area contributed by atoms with Crippen molar-refractivity contribution in [2.45, 2.75) is 6.92 Å². The molecule has 0 spiro atoms. The highest BCUT2D eigenvalue weighted by molar-refractivity contribution is 6.34. The largest absolute Gasteiger partial charge is 0.311 e. The molecule has 0 saturated carbocycles. The third-order valence-electron chi connectivity index (χ3n) is 2.44. The Balaban J connectivity index is 2.61. The molecule has 3 nitrogen and oxygen atoms in total. The third-order valence-corrected chi connectivity index (χ3v) is 2.44. The number of allylic oxidation sites excluding steroid dienone is 1. The number of para-hydroxylation sites is 1. The van der Waals surface area contributed by atoms with Gasteiger partial charge >= 0.3 is 0 Å². The minimum atomic E-state index is -0.119. The Morgan fingerprint density at radius 2 is 2.00 bits per heavy atom. The second kappa shape index (κ2) is 3.35. The van der Waals surface area contributed by atoms with Gasteiger partial charge in [-0.15, -0.1) is 0 Å². The van der Waals surface area contributed by atoms with Crippen molar-refractivity contribution < 1.29 is 9.59 Å². The van der Waals surface area contributed by atoms with E-state index < -0.39 is 0 Å². The molecule has 0 aliphatic carbocycles. The number of rotatable bonds is 1. The highest BCUT2D eigenvalue weighted by Gasteiger charge is 2.29. The molecule has 3 heteroatoms. The van der Waals surface area contributed by atoms with Crippen LogP contribution in [0.2, 0.25) is 0 Å². The average Bonchev–Trinajstić information content (AvgIpc) is 2.44. The van der Waals surface area contributed by atoms with Gasteiger partial charge in [-0.05, 0) is 19.1 Å². The number of amides is 1. The van der Waals surface area contributed by atoms with E-state index in [4.69, 9.17) is 0 Å². The molecule has 1 aliphatic heterocycles. The van der Waals surface area contributed by atoms with Crippen LogP contribution in [0.1, 0.15) is 12.5 Å². The molecular weight excluding hydrogens is 190 g/mol. The quantitative estimate of drug-likeness (QED) is 0.648. The zero-order valence-corrected chi connectivity index (χ0v) is 8.65. The van der Waals surface area contributed by atoms with Gasteiger partial charge in [-0.2, -0.15) is 0 Å². The van der Waals surface area contributed by atoms with E-state index in [0.717, 1.165) is 11.3 Å². The monoisotopic (exact) mass is 201 g/mol. The summed E-state index contributed by atoms with van der Waals surface area (Å²) in [6.45, 7) is 1.45. The first-order chi connectivity index (χ1) is 7.11. The second-order valence-electron chi connectivity index (χ2n) is 3.55. The van der Waals surface area contributed by atoms with E-state index in [1.54, 1.807) is 11.9 Å². The van der Waals surface area contributed by atoms with Crippen LogP contribution in [0, 0.1) is 0 Å². The summed E-state index contributed by atoms with van der Waals surface area (Å²) >= 11 is 0. The summed E-state index contributed by atoms with van der Waals surface area (Å²) < 4.78 is 0. The first-order valence-corrected chi connectivity index (χ1v) is 4.71. The van der Waals surface area contributed by atoms with E-state index in [1.165, 1.54) is 13.0 Å². The number of fused-ring (bicyclic) bond motifs is 1. The summed E-state index contributed by atoms with van der Waals surface area (Å²) in [4.78, 5) is 24.4. The van der Waals surface area contributed by atoms with Gasteiger partial charge in [0.25, 0.3) is 5.91 Å². The lowest BCUT2D eigenvalue weighted by atomic mass is 10.1. The Kier molecular flexibility index (Phi) is 2.15. The lowest BCUT2D eigenvalue weighted by Gasteiger charge is -2.07. The number of hydrogen-bond donors (Lipinski definition) is 0. The molecule has 1 amide bonds. The summed E-state index contributed by atoms with van der Waals surface area (Å²) in [6.07, 6.45) is 1.39. The Morgan fingerprint density at radius 3 is 2.67 bits per heavy atom. The molecule has 1 aromatic rings. The van der Waals surface area contributed by atoms with E-state index >= 15 is 0 Å². The average molecular weight is 201 g/mol. The maximum atomic E-state index is 11.8. The predicted molar refractivity (Wildman–Crippen MR) is 58.5 cm³/mol. The zero-order valence-electron chi connectivity index (χ0n) is 8.65. The molecule has 1 aromatic carbocycles. The van der Waals surface area contributed by atoms with Gasteiger partial charge in [-0.1, -0.05) is 18.2 Å². The normalized spacial score (nSPS) is 17.1. The molecule has 0 aromatic heterocycles. The Bertz CT molecular complexity index is 474. The molecule has 1 heterocycles. The standard InChI is InChI=1S/C12H11NO2/c1-8(14)7-10-9-5-3-4-6-11(9)13(2)12(10)15/h3-7H,1-2H3/b10-7+. The van der Waals surface area contributed by atoms with Crippen LogP contribution in [0.4, 0.5) is 5.69 Å². The topological polar surface area (TPSA) is 37.4 Å². The number of benzene rings is 1. The summed E-state index contributed by atoms with van der Waals surface area (Å²) in [5, 5.41) is 0. The minimum absolute atomic E-state index is 0.108. The number of likely N-dealkylation sites (N-methyl/N-ethyl adjacent to an activating group) is 1. The van der Waals surface area contributed by atoms with Crippen LogP contribution >= 0.6 is 0 Å². The molecule has 0 fully saturated rings. The van der Waals surface area contributed by atoms with Gasteiger partial charge in [-0.3, -0.25) is 9.59 Å². The number of nitrogens with zero attached hydrogens (tertiary/aromatic N) is 1. The fourth-order valence-corrected chi connectivity index (χ4v) is 1.74. The van der Waals surface area contributed by atoms with Crippen LogP contribution in [-0.4, -0.2) is 18.7 Å². The summed E-state index contributed by atoms with van der Waals surface area (Å²) in [5.41, 5.74) is 2.18. The Labute approximate surface area is 88.0 Å². The number of anilines is 1. The summed E-state index contributed by atoms with van der Waals surface area (Å²) in [6, 6.07) is 7.46. The van der Waals surface area contributed by atoms with Crippen molar-refractivity contribution in [2.24, 2.45) is 0 Å². The SMILES string of the molecule is CC(=O)/C=C1/C(=O)N(C)c2ccccc21. The molecule has 0 saturated heterocycles. The van der Waals surface area contributed by atoms with Crippen molar-refractivity contribution in [3.05, 3.63) is 35.9 Å². The fraction of sp³-hybridized carbons (Fsp3) is 0.167. The molecule has 1 aliphatic rings. The Hall–Kier alpha value is -1.90. The van der Waals surface area contributed by atoms with E-state index in [0.29, 0.717) is 5.57 Å². The van der Waals surface area contributed by atoms with Gasteiger partial charge in [-0.25, -0.2) is 0 Å². The molecular formula is C12H11NO2. The van der Waals surface area contributed by atoms with Crippen molar-refractivity contribution in [1.82, 2.24) is 0 Å². The Morgan fingerprint density at radius 1 is 1.33 bits per heavy atom. The maximum Gasteiger partial charge on any atom is 0.258 e. The van der Waals surface area contributed by atoms with Crippen LogP contribution in [0.25, 0.3) is 5.57 Å². The molecule has 76 valence electrons. The number of ketones is 1. The van der Waals surface area contributed by atoms with Gasteiger partial charge < -0.3 is 4.90 Å². The van der Waals surface area contributed by atoms with Crippen molar-refractivity contribution >= 4 is 23.0 Å². The van der Waals surface area contributed by atoms with Gasteiger partial charge in [0, 0.05) is 12.6 Å². The minimum Gasteiger partial charge on any atom is -0.311 e. The second-order valence-corrected chi connectivity index (χ2v) is 3.55. The van der Waals surface area contributed by atoms with Crippen LogP contribution in [0.3, 0.4) is 0 Å². The van der Waals surface area contributed by atoms with Gasteiger partial charge in [0.1, 0.15) is 0 Å². The highest BCUT2D eigenvalue weighted by Crippen LogP contribution is 2.34. The van der Waals surface area contributed by atoms with E-state index in [2.05, 4.69) is 0 Å². The van der Waals surface area contributed by atoms with Crippen LogP contribution in [0.15, 0.2) is 30.3 Å². The van der Waals surface area contributed by atoms with E-state index in [9.17, 15) is 9.59 Å². The van der Waals surface area contributed by atoms with Crippen LogP contribution in [0.5, 0.6) is 0 Å². The first kappa shape index (κ1) is 9.65. The van der Waals surface area contributed by atoms with Crippen molar-refractivity contribution in [2.75, 3.05) is 11.9 Å². The molecule has 0 unspecified atom stereocenters. The number of carbonyl (C=O) groups excluding carboxylic acids is 2. The molecule has 0 radical (unpaired) electrons. The fourth-order valence-electron chi connectivity index (χ4n) is 1.74. The van der Waals surface area contributed by atoms with Gasteiger partial charge in [0.2, 0.25) is 0 Å².